The van der Waals surface area contributed by atoms with E-state index in [0.717, 1.165) is 41.2 Å². The number of nitriles is 1. The SMILES string of the molecule is Cc1ccc2nnc(C#N)c(N3CCSCC3)c2c1. The first kappa shape index (κ1) is 12.2. The van der Waals surface area contributed by atoms with Crippen molar-refractivity contribution in [3.8, 4) is 6.07 Å². The molecule has 96 valence electrons. The minimum absolute atomic E-state index is 0.435. The van der Waals surface area contributed by atoms with Gasteiger partial charge >= 0.3 is 0 Å². The first-order chi connectivity index (χ1) is 9.29. The van der Waals surface area contributed by atoms with Crippen LogP contribution >= 0.6 is 11.8 Å². The number of nitrogens with zero attached hydrogens (tertiary/aromatic N) is 4. The van der Waals surface area contributed by atoms with Gasteiger partial charge in [-0.25, -0.2) is 0 Å². The minimum Gasteiger partial charge on any atom is -0.367 e. The topological polar surface area (TPSA) is 52.8 Å². The van der Waals surface area contributed by atoms with Gasteiger partial charge in [0.05, 0.1) is 11.2 Å². The Morgan fingerprint density at radius 2 is 2.05 bits per heavy atom. The van der Waals surface area contributed by atoms with E-state index in [1.807, 2.05) is 23.9 Å². The number of hydrogen-bond acceptors (Lipinski definition) is 5. The van der Waals surface area contributed by atoms with Gasteiger partial charge in [-0.05, 0) is 19.1 Å². The van der Waals surface area contributed by atoms with Gasteiger partial charge in [0, 0.05) is 30.0 Å². The summed E-state index contributed by atoms with van der Waals surface area (Å²) < 4.78 is 0. The second kappa shape index (κ2) is 5.06. The molecular formula is C14H14N4S. The van der Waals surface area contributed by atoms with Gasteiger partial charge in [-0.2, -0.15) is 17.0 Å². The van der Waals surface area contributed by atoms with Crippen molar-refractivity contribution >= 4 is 28.4 Å². The largest absolute Gasteiger partial charge is 0.367 e. The fourth-order valence-electron chi connectivity index (χ4n) is 2.39. The van der Waals surface area contributed by atoms with Crippen molar-refractivity contribution < 1.29 is 0 Å². The molecule has 1 aromatic heterocycles. The molecule has 0 atom stereocenters. The molecule has 0 spiro atoms. The highest BCUT2D eigenvalue weighted by atomic mass is 32.2. The highest BCUT2D eigenvalue weighted by Crippen LogP contribution is 2.30. The number of hydrogen-bond donors (Lipinski definition) is 0. The Morgan fingerprint density at radius 1 is 1.26 bits per heavy atom. The zero-order valence-corrected chi connectivity index (χ0v) is 11.6. The van der Waals surface area contributed by atoms with Crippen LogP contribution in [0.2, 0.25) is 0 Å². The second-order valence-electron chi connectivity index (χ2n) is 4.63. The van der Waals surface area contributed by atoms with E-state index in [4.69, 9.17) is 0 Å². The lowest BCUT2D eigenvalue weighted by molar-refractivity contribution is 0.851. The summed E-state index contributed by atoms with van der Waals surface area (Å²) in [6.45, 7) is 3.99. The molecule has 0 bridgehead atoms. The van der Waals surface area contributed by atoms with Crippen LogP contribution in [-0.2, 0) is 0 Å². The average molecular weight is 270 g/mol. The summed E-state index contributed by atoms with van der Waals surface area (Å²) in [5, 5.41) is 18.5. The highest BCUT2D eigenvalue weighted by Gasteiger charge is 2.19. The first-order valence-corrected chi connectivity index (χ1v) is 7.45. The average Bonchev–Trinajstić information content (AvgIpc) is 2.46. The van der Waals surface area contributed by atoms with Crippen molar-refractivity contribution in [2.24, 2.45) is 0 Å². The highest BCUT2D eigenvalue weighted by molar-refractivity contribution is 7.99. The number of aromatic nitrogens is 2. The molecule has 0 saturated carbocycles. The van der Waals surface area contributed by atoms with E-state index in [2.05, 4.69) is 34.2 Å². The van der Waals surface area contributed by atoms with E-state index < -0.39 is 0 Å². The molecule has 0 radical (unpaired) electrons. The molecule has 2 heterocycles. The number of aryl methyl sites for hydroxylation is 1. The Morgan fingerprint density at radius 3 is 2.79 bits per heavy atom. The summed E-state index contributed by atoms with van der Waals surface area (Å²) in [5.74, 6) is 2.20. The molecule has 5 heteroatoms. The van der Waals surface area contributed by atoms with Crippen molar-refractivity contribution in [3.63, 3.8) is 0 Å². The Labute approximate surface area is 116 Å². The van der Waals surface area contributed by atoms with E-state index in [1.54, 1.807) is 0 Å². The van der Waals surface area contributed by atoms with Crippen LogP contribution in [0.15, 0.2) is 18.2 Å². The van der Waals surface area contributed by atoms with Crippen LogP contribution in [-0.4, -0.2) is 34.8 Å². The molecule has 1 aliphatic heterocycles. The Balaban J connectivity index is 2.23. The first-order valence-electron chi connectivity index (χ1n) is 6.29. The summed E-state index contributed by atoms with van der Waals surface area (Å²) in [4.78, 5) is 2.27. The predicted octanol–water partition coefficient (Wildman–Crippen LogP) is 2.36. The molecular weight excluding hydrogens is 256 g/mol. The Kier molecular flexibility index (Phi) is 3.26. The monoisotopic (exact) mass is 270 g/mol. The molecule has 19 heavy (non-hydrogen) atoms. The normalized spacial score (nSPS) is 15.5. The minimum atomic E-state index is 0.435. The Hall–Kier alpha value is -1.80. The summed E-state index contributed by atoms with van der Waals surface area (Å²) in [7, 11) is 0. The second-order valence-corrected chi connectivity index (χ2v) is 5.85. The van der Waals surface area contributed by atoms with Gasteiger partial charge in [0.15, 0.2) is 5.69 Å². The number of anilines is 1. The zero-order chi connectivity index (χ0) is 13.2. The third kappa shape index (κ3) is 2.24. The molecule has 0 unspecified atom stereocenters. The van der Waals surface area contributed by atoms with Gasteiger partial charge in [-0.1, -0.05) is 11.6 Å². The summed E-state index contributed by atoms with van der Waals surface area (Å²) in [5.41, 5.74) is 3.43. The zero-order valence-electron chi connectivity index (χ0n) is 10.8. The van der Waals surface area contributed by atoms with Gasteiger partial charge in [0.1, 0.15) is 6.07 Å². The maximum Gasteiger partial charge on any atom is 0.187 e. The van der Waals surface area contributed by atoms with Crippen molar-refractivity contribution in [3.05, 3.63) is 29.5 Å². The van der Waals surface area contributed by atoms with Gasteiger partial charge < -0.3 is 4.90 Å². The molecule has 1 aliphatic rings. The number of benzene rings is 1. The lowest BCUT2D eigenvalue weighted by Gasteiger charge is -2.29. The van der Waals surface area contributed by atoms with Crippen LogP contribution in [0.4, 0.5) is 5.69 Å². The van der Waals surface area contributed by atoms with Crippen molar-refractivity contribution in [1.82, 2.24) is 10.2 Å². The van der Waals surface area contributed by atoms with E-state index in [0.29, 0.717) is 5.69 Å². The van der Waals surface area contributed by atoms with Crippen LogP contribution in [0.3, 0.4) is 0 Å². The van der Waals surface area contributed by atoms with Crippen LogP contribution in [0.1, 0.15) is 11.3 Å². The molecule has 2 aromatic rings. The maximum absolute atomic E-state index is 9.29. The van der Waals surface area contributed by atoms with Gasteiger partial charge in [-0.3, -0.25) is 0 Å². The standard InChI is InChI=1S/C14H14N4S/c1-10-2-3-12-11(8-10)14(13(9-15)17-16-12)18-4-6-19-7-5-18/h2-3,8H,4-7H2,1H3. The van der Waals surface area contributed by atoms with Gasteiger partial charge in [-0.15, -0.1) is 10.2 Å². The fraction of sp³-hybridized carbons (Fsp3) is 0.357. The van der Waals surface area contributed by atoms with E-state index in [9.17, 15) is 5.26 Å². The molecule has 3 rings (SSSR count). The number of fused-ring (bicyclic) bond motifs is 1. The lowest BCUT2D eigenvalue weighted by atomic mass is 10.1. The van der Waals surface area contributed by atoms with Crippen LogP contribution in [0.25, 0.3) is 10.9 Å². The van der Waals surface area contributed by atoms with Gasteiger partial charge in [0.25, 0.3) is 0 Å². The van der Waals surface area contributed by atoms with E-state index in [-0.39, 0.29) is 0 Å². The predicted molar refractivity (Wildman–Crippen MR) is 78.5 cm³/mol. The van der Waals surface area contributed by atoms with Crippen molar-refractivity contribution in [2.45, 2.75) is 6.92 Å². The van der Waals surface area contributed by atoms with E-state index in [1.165, 1.54) is 5.56 Å². The molecule has 0 aliphatic carbocycles. The summed E-state index contributed by atoms with van der Waals surface area (Å²) >= 11 is 1.95. The van der Waals surface area contributed by atoms with Crippen molar-refractivity contribution in [1.29, 1.82) is 5.26 Å². The van der Waals surface area contributed by atoms with Crippen LogP contribution in [0, 0.1) is 18.3 Å². The molecule has 1 fully saturated rings. The molecule has 0 N–H and O–H groups in total. The molecule has 1 saturated heterocycles. The van der Waals surface area contributed by atoms with Crippen LogP contribution < -0.4 is 4.90 Å². The van der Waals surface area contributed by atoms with E-state index >= 15 is 0 Å². The number of rotatable bonds is 1. The molecule has 1 aromatic carbocycles. The summed E-state index contributed by atoms with van der Waals surface area (Å²) in [6.07, 6.45) is 0. The Bertz CT molecular complexity index is 656. The fourth-order valence-corrected chi connectivity index (χ4v) is 3.29. The van der Waals surface area contributed by atoms with Crippen molar-refractivity contribution in [2.75, 3.05) is 29.5 Å². The van der Waals surface area contributed by atoms with Crippen LogP contribution in [0.5, 0.6) is 0 Å². The van der Waals surface area contributed by atoms with Gasteiger partial charge in [0.2, 0.25) is 0 Å². The quantitative estimate of drug-likeness (QED) is 0.796. The molecule has 0 amide bonds. The smallest absolute Gasteiger partial charge is 0.187 e. The molecule has 4 nitrogen and oxygen atoms in total. The number of thioether (sulfide) groups is 1. The maximum atomic E-state index is 9.29. The third-order valence-electron chi connectivity index (χ3n) is 3.32. The third-order valence-corrected chi connectivity index (χ3v) is 4.26. The summed E-state index contributed by atoms with van der Waals surface area (Å²) in [6, 6.07) is 8.28. The lowest BCUT2D eigenvalue weighted by Crippen LogP contribution is -2.33.